The molecule has 1 heterocycles. The van der Waals surface area contributed by atoms with E-state index in [9.17, 15) is 9.59 Å². The van der Waals surface area contributed by atoms with Crippen molar-refractivity contribution in [1.29, 1.82) is 0 Å². The number of carbonyl (C=O) groups excluding carboxylic acids is 2. The van der Waals surface area contributed by atoms with Crippen molar-refractivity contribution < 1.29 is 9.59 Å². The Kier molecular flexibility index (Phi) is 6.74. The van der Waals surface area contributed by atoms with E-state index in [0.29, 0.717) is 28.6 Å². The summed E-state index contributed by atoms with van der Waals surface area (Å²) in [4.78, 5) is 27.1. The molecular formula is C23H27ClN2O2. The summed E-state index contributed by atoms with van der Waals surface area (Å²) in [6, 6.07) is 14.9. The van der Waals surface area contributed by atoms with Crippen molar-refractivity contribution in [3.8, 4) is 0 Å². The van der Waals surface area contributed by atoms with E-state index in [2.05, 4.69) is 19.2 Å². The van der Waals surface area contributed by atoms with Crippen LogP contribution in [0.25, 0.3) is 0 Å². The largest absolute Gasteiger partial charge is 0.339 e. The lowest BCUT2D eigenvalue weighted by Crippen LogP contribution is -2.27. The standard InChI is InChI=1S/C23H27ClN2O2/c1-16(2)21(17-8-10-19(24)11-9-17)15-22(27)25-20-7-5-6-18(14-20)23(28)26-12-3-4-13-26/h5-11,14,16,21H,3-4,12-13,15H2,1-2H3,(H,25,27). The van der Waals surface area contributed by atoms with Crippen molar-refractivity contribution in [3.05, 3.63) is 64.7 Å². The average Bonchev–Trinajstić information content (AvgIpc) is 3.21. The lowest BCUT2D eigenvalue weighted by atomic mass is 9.85. The van der Waals surface area contributed by atoms with Crippen molar-refractivity contribution in [2.45, 2.75) is 39.0 Å². The summed E-state index contributed by atoms with van der Waals surface area (Å²) in [7, 11) is 0. The third kappa shape index (κ3) is 5.14. The van der Waals surface area contributed by atoms with E-state index in [-0.39, 0.29) is 17.7 Å². The van der Waals surface area contributed by atoms with Crippen LogP contribution in [0.4, 0.5) is 5.69 Å². The summed E-state index contributed by atoms with van der Waals surface area (Å²) < 4.78 is 0. The second-order valence-corrected chi connectivity index (χ2v) is 8.17. The van der Waals surface area contributed by atoms with E-state index >= 15 is 0 Å². The first-order valence-corrected chi connectivity index (χ1v) is 10.3. The number of rotatable bonds is 6. The lowest BCUT2D eigenvalue weighted by molar-refractivity contribution is -0.116. The highest BCUT2D eigenvalue weighted by Gasteiger charge is 2.21. The van der Waals surface area contributed by atoms with Crippen molar-refractivity contribution >= 4 is 29.1 Å². The molecule has 0 aliphatic carbocycles. The third-order valence-corrected chi connectivity index (χ3v) is 5.55. The smallest absolute Gasteiger partial charge is 0.253 e. The van der Waals surface area contributed by atoms with Gasteiger partial charge in [0.05, 0.1) is 0 Å². The minimum Gasteiger partial charge on any atom is -0.339 e. The summed E-state index contributed by atoms with van der Waals surface area (Å²) in [6.07, 6.45) is 2.50. The fourth-order valence-electron chi connectivity index (χ4n) is 3.69. The fraction of sp³-hybridized carbons (Fsp3) is 0.391. The molecular weight excluding hydrogens is 372 g/mol. The molecule has 2 amide bonds. The molecule has 1 N–H and O–H groups in total. The number of halogens is 1. The molecule has 0 aromatic heterocycles. The van der Waals surface area contributed by atoms with Crippen LogP contribution in [0.5, 0.6) is 0 Å². The number of amides is 2. The highest BCUT2D eigenvalue weighted by molar-refractivity contribution is 6.30. The van der Waals surface area contributed by atoms with Crippen LogP contribution in [0.15, 0.2) is 48.5 Å². The molecule has 1 aliphatic heterocycles. The van der Waals surface area contributed by atoms with Gasteiger partial charge in [0.15, 0.2) is 0 Å². The predicted molar refractivity (Wildman–Crippen MR) is 114 cm³/mol. The molecule has 3 rings (SSSR count). The van der Waals surface area contributed by atoms with Gasteiger partial charge in [0.25, 0.3) is 5.91 Å². The summed E-state index contributed by atoms with van der Waals surface area (Å²) >= 11 is 5.99. The third-order valence-electron chi connectivity index (χ3n) is 5.29. The van der Waals surface area contributed by atoms with Gasteiger partial charge in [-0.05, 0) is 60.6 Å². The van der Waals surface area contributed by atoms with Crippen LogP contribution in [0.3, 0.4) is 0 Å². The van der Waals surface area contributed by atoms with Crippen LogP contribution in [0.1, 0.15) is 54.9 Å². The van der Waals surface area contributed by atoms with Gasteiger partial charge >= 0.3 is 0 Å². The number of benzene rings is 2. The summed E-state index contributed by atoms with van der Waals surface area (Å²) in [5, 5.41) is 3.65. The van der Waals surface area contributed by atoms with Crippen LogP contribution in [0, 0.1) is 5.92 Å². The van der Waals surface area contributed by atoms with E-state index in [1.807, 2.05) is 41.3 Å². The van der Waals surface area contributed by atoms with Crippen LogP contribution >= 0.6 is 11.6 Å². The van der Waals surface area contributed by atoms with Crippen molar-refractivity contribution in [2.75, 3.05) is 18.4 Å². The molecule has 0 saturated carbocycles. The Morgan fingerprint density at radius 3 is 2.39 bits per heavy atom. The zero-order valence-corrected chi connectivity index (χ0v) is 17.2. The number of carbonyl (C=O) groups is 2. The second-order valence-electron chi connectivity index (χ2n) is 7.73. The molecule has 2 aromatic rings. The Morgan fingerprint density at radius 1 is 1.07 bits per heavy atom. The van der Waals surface area contributed by atoms with E-state index in [4.69, 9.17) is 11.6 Å². The van der Waals surface area contributed by atoms with Gasteiger partial charge in [-0.25, -0.2) is 0 Å². The molecule has 4 nitrogen and oxygen atoms in total. The van der Waals surface area contributed by atoms with Gasteiger partial charge < -0.3 is 10.2 Å². The molecule has 1 unspecified atom stereocenters. The predicted octanol–water partition coefficient (Wildman–Crippen LogP) is 5.34. The number of hydrogen-bond acceptors (Lipinski definition) is 2. The van der Waals surface area contributed by atoms with E-state index in [1.54, 1.807) is 12.1 Å². The molecule has 0 radical (unpaired) electrons. The van der Waals surface area contributed by atoms with E-state index < -0.39 is 0 Å². The maximum Gasteiger partial charge on any atom is 0.253 e. The molecule has 1 saturated heterocycles. The zero-order chi connectivity index (χ0) is 20.1. The first-order valence-electron chi connectivity index (χ1n) is 9.88. The van der Waals surface area contributed by atoms with Crippen LogP contribution in [-0.4, -0.2) is 29.8 Å². The summed E-state index contributed by atoms with van der Waals surface area (Å²) in [6.45, 7) is 5.85. The molecule has 1 atom stereocenters. The SMILES string of the molecule is CC(C)C(CC(=O)Nc1cccc(C(=O)N2CCCC2)c1)c1ccc(Cl)cc1. The summed E-state index contributed by atoms with van der Waals surface area (Å²) in [5.74, 6) is 0.399. The minimum absolute atomic E-state index is 0.0369. The summed E-state index contributed by atoms with van der Waals surface area (Å²) in [5.41, 5.74) is 2.39. The lowest BCUT2D eigenvalue weighted by Gasteiger charge is -2.21. The Hall–Kier alpha value is -2.33. The van der Waals surface area contributed by atoms with Crippen LogP contribution in [-0.2, 0) is 4.79 Å². The van der Waals surface area contributed by atoms with Crippen LogP contribution in [0.2, 0.25) is 5.02 Å². The minimum atomic E-state index is -0.0561. The van der Waals surface area contributed by atoms with Gasteiger partial charge in [-0.3, -0.25) is 9.59 Å². The number of likely N-dealkylation sites (tertiary alicyclic amines) is 1. The van der Waals surface area contributed by atoms with Gasteiger partial charge in [-0.2, -0.15) is 0 Å². The molecule has 148 valence electrons. The first-order chi connectivity index (χ1) is 13.4. The van der Waals surface area contributed by atoms with Gasteiger partial charge in [-0.15, -0.1) is 0 Å². The molecule has 1 aliphatic rings. The Labute approximate surface area is 171 Å². The molecule has 28 heavy (non-hydrogen) atoms. The normalized spacial score (nSPS) is 14.9. The van der Waals surface area contributed by atoms with Gasteiger partial charge in [0.2, 0.25) is 5.91 Å². The van der Waals surface area contributed by atoms with Gasteiger partial charge in [0.1, 0.15) is 0 Å². The van der Waals surface area contributed by atoms with Crippen molar-refractivity contribution in [3.63, 3.8) is 0 Å². The van der Waals surface area contributed by atoms with E-state index in [1.165, 1.54) is 0 Å². The monoisotopic (exact) mass is 398 g/mol. The molecule has 2 aromatic carbocycles. The maximum absolute atomic E-state index is 12.7. The highest BCUT2D eigenvalue weighted by Crippen LogP contribution is 2.29. The van der Waals surface area contributed by atoms with E-state index in [0.717, 1.165) is 31.5 Å². The number of hydrogen-bond donors (Lipinski definition) is 1. The topological polar surface area (TPSA) is 49.4 Å². The van der Waals surface area contributed by atoms with Gasteiger partial charge in [-0.1, -0.05) is 43.6 Å². The second kappa shape index (κ2) is 9.24. The molecule has 0 bridgehead atoms. The van der Waals surface area contributed by atoms with Crippen molar-refractivity contribution in [2.24, 2.45) is 5.92 Å². The zero-order valence-electron chi connectivity index (χ0n) is 16.5. The molecule has 1 fully saturated rings. The molecule has 0 spiro atoms. The average molecular weight is 399 g/mol. The molecule has 5 heteroatoms. The first kappa shape index (κ1) is 20.4. The quantitative estimate of drug-likeness (QED) is 0.713. The fourth-order valence-corrected chi connectivity index (χ4v) is 3.82. The number of nitrogens with one attached hydrogen (secondary N) is 1. The van der Waals surface area contributed by atoms with Gasteiger partial charge in [0, 0.05) is 35.8 Å². The maximum atomic E-state index is 12.7. The Balaban J connectivity index is 1.67. The number of nitrogens with zero attached hydrogens (tertiary/aromatic N) is 1. The van der Waals surface area contributed by atoms with Crippen molar-refractivity contribution in [1.82, 2.24) is 4.90 Å². The Bertz CT molecular complexity index is 827. The Morgan fingerprint density at radius 2 is 1.75 bits per heavy atom. The highest BCUT2D eigenvalue weighted by atomic mass is 35.5. The van der Waals surface area contributed by atoms with Crippen LogP contribution < -0.4 is 5.32 Å². The number of anilines is 1.